The van der Waals surface area contributed by atoms with Gasteiger partial charge in [-0.3, -0.25) is 4.79 Å². The number of hydrogen-bond acceptors (Lipinski definition) is 3. The van der Waals surface area contributed by atoms with Crippen LogP contribution in [0.3, 0.4) is 0 Å². The molecule has 0 heterocycles. The Labute approximate surface area is 124 Å². The van der Waals surface area contributed by atoms with Crippen LogP contribution in [0.15, 0.2) is 48.5 Å². The highest BCUT2D eigenvalue weighted by molar-refractivity contribution is 5.79. The SMILES string of the molecule is CCC(N)C(=O)OCC1c2ccccc2-c2ccccc21. The van der Waals surface area contributed by atoms with Crippen LogP contribution in [-0.4, -0.2) is 18.6 Å². The van der Waals surface area contributed by atoms with Gasteiger partial charge in [-0.2, -0.15) is 0 Å². The van der Waals surface area contributed by atoms with Crippen LogP contribution in [0.2, 0.25) is 0 Å². The average molecular weight is 281 g/mol. The summed E-state index contributed by atoms with van der Waals surface area (Å²) in [5.41, 5.74) is 10.6. The Morgan fingerprint density at radius 1 is 1.10 bits per heavy atom. The van der Waals surface area contributed by atoms with E-state index in [2.05, 4.69) is 24.3 Å². The molecule has 108 valence electrons. The van der Waals surface area contributed by atoms with Crippen LogP contribution < -0.4 is 5.73 Å². The molecule has 0 aliphatic heterocycles. The number of esters is 1. The number of hydrogen-bond donors (Lipinski definition) is 1. The minimum atomic E-state index is -0.531. The van der Waals surface area contributed by atoms with Crippen molar-refractivity contribution in [3.8, 4) is 11.1 Å². The van der Waals surface area contributed by atoms with Gasteiger partial charge in [-0.05, 0) is 28.7 Å². The highest BCUT2D eigenvalue weighted by Gasteiger charge is 2.29. The molecule has 2 aromatic carbocycles. The summed E-state index contributed by atoms with van der Waals surface area (Å²) in [6.07, 6.45) is 0.594. The predicted octanol–water partition coefficient (Wildman–Crippen LogP) is 3.08. The third-order valence-electron chi connectivity index (χ3n) is 4.10. The van der Waals surface area contributed by atoms with E-state index in [1.807, 2.05) is 31.2 Å². The van der Waals surface area contributed by atoms with Gasteiger partial charge >= 0.3 is 5.97 Å². The highest BCUT2D eigenvalue weighted by atomic mass is 16.5. The molecular formula is C18H19NO2. The first-order chi connectivity index (χ1) is 10.2. The molecule has 2 aromatic rings. The van der Waals surface area contributed by atoms with E-state index in [1.165, 1.54) is 22.3 Å². The molecule has 0 radical (unpaired) electrons. The van der Waals surface area contributed by atoms with Gasteiger partial charge in [0.05, 0.1) is 0 Å². The van der Waals surface area contributed by atoms with Gasteiger partial charge < -0.3 is 10.5 Å². The zero-order valence-electron chi connectivity index (χ0n) is 12.1. The Balaban J connectivity index is 1.87. The first-order valence-electron chi connectivity index (χ1n) is 7.32. The molecule has 0 amide bonds. The molecule has 3 rings (SSSR count). The molecule has 0 fully saturated rings. The van der Waals surface area contributed by atoms with E-state index >= 15 is 0 Å². The lowest BCUT2D eigenvalue weighted by atomic mass is 9.98. The first-order valence-corrected chi connectivity index (χ1v) is 7.32. The highest BCUT2D eigenvalue weighted by Crippen LogP contribution is 2.44. The number of nitrogens with two attached hydrogens (primary N) is 1. The van der Waals surface area contributed by atoms with Crippen LogP contribution in [0.5, 0.6) is 0 Å². The molecule has 2 N–H and O–H groups in total. The molecule has 0 aromatic heterocycles. The zero-order valence-corrected chi connectivity index (χ0v) is 12.1. The fourth-order valence-corrected chi connectivity index (χ4v) is 2.88. The largest absolute Gasteiger partial charge is 0.464 e. The fourth-order valence-electron chi connectivity index (χ4n) is 2.88. The maximum absolute atomic E-state index is 11.8. The van der Waals surface area contributed by atoms with E-state index in [1.54, 1.807) is 0 Å². The summed E-state index contributed by atoms with van der Waals surface area (Å²) < 4.78 is 5.43. The van der Waals surface area contributed by atoms with Crippen LogP contribution in [0.25, 0.3) is 11.1 Å². The molecule has 0 spiro atoms. The van der Waals surface area contributed by atoms with Crippen molar-refractivity contribution >= 4 is 5.97 Å². The van der Waals surface area contributed by atoms with Crippen molar-refractivity contribution < 1.29 is 9.53 Å². The Morgan fingerprint density at radius 3 is 2.14 bits per heavy atom. The van der Waals surface area contributed by atoms with Gasteiger partial charge in [0.2, 0.25) is 0 Å². The monoisotopic (exact) mass is 281 g/mol. The van der Waals surface area contributed by atoms with E-state index in [9.17, 15) is 4.79 Å². The van der Waals surface area contributed by atoms with Gasteiger partial charge in [-0.25, -0.2) is 0 Å². The van der Waals surface area contributed by atoms with E-state index < -0.39 is 6.04 Å². The number of carbonyl (C=O) groups excluding carboxylic acids is 1. The van der Waals surface area contributed by atoms with Gasteiger partial charge in [-0.1, -0.05) is 55.5 Å². The number of carbonyl (C=O) groups is 1. The Kier molecular flexibility index (Phi) is 3.76. The van der Waals surface area contributed by atoms with E-state index in [-0.39, 0.29) is 11.9 Å². The Hall–Kier alpha value is -2.13. The third kappa shape index (κ3) is 2.45. The van der Waals surface area contributed by atoms with Crippen LogP contribution in [-0.2, 0) is 9.53 Å². The molecule has 0 saturated carbocycles. The van der Waals surface area contributed by atoms with Gasteiger partial charge in [0.1, 0.15) is 12.6 Å². The second kappa shape index (κ2) is 5.70. The zero-order chi connectivity index (χ0) is 14.8. The topological polar surface area (TPSA) is 52.3 Å². The minimum absolute atomic E-state index is 0.102. The minimum Gasteiger partial charge on any atom is -0.464 e. The summed E-state index contributed by atoms with van der Waals surface area (Å²) in [5.74, 6) is -0.218. The maximum atomic E-state index is 11.8. The van der Waals surface area contributed by atoms with Crippen molar-refractivity contribution in [2.75, 3.05) is 6.61 Å². The standard InChI is InChI=1S/C18H19NO2/c1-2-17(19)18(20)21-11-16-14-9-5-3-7-12(14)13-8-4-6-10-15(13)16/h3-10,16-17H,2,11,19H2,1H3. The number of ether oxygens (including phenoxy) is 1. The molecule has 3 nitrogen and oxygen atoms in total. The third-order valence-corrected chi connectivity index (χ3v) is 4.10. The molecule has 3 heteroatoms. The molecule has 1 atom stereocenters. The van der Waals surface area contributed by atoms with Crippen molar-refractivity contribution in [3.63, 3.8) is 0 Å². The fraction of sp³-hybridized carbons (Fsp3) is 0.278. The quantitative estimate of drug-likeness (QED) is 0.876. The van der Waals surface area contributed by atoms with Crippen molar-refractivity contribution in [1.29, 1.82) is 0 Å². The smallest absolute Gasteiger partial charge is 0.322 e. The number of benzene rings is 2. The lowest BCUT2D eigenvalue weighted by molar-refractivity contribution is -0.145. The van der Waals surface area contributed by atoms with Crippen LogP contribution >= 0.6 is 0 Å². The summed E-state index contributed by atoms with van der Waals surface area (Å²) in [5, 5.41) is 0. The van der Waals surface area contributed by atoms with Gasteiger partial charge in [0, 0.05) is 5.92 Å². The van der Waals surface area contributed by atoms with Crippen molar-refractivity contribution in [2.45, 2.75) is 25.3 Å². The summed E-state index contributed by atoms with van der Waals surface area (Å²) in [6.45, 7) is 2.23. The molecule has 1 aliphatic carbocycles. The molecular weight excluding hydrogens is 262 g/mol. The van der Waals surface area contributed by atoms with E-state index in [0.717, 1.165) is 0 Å². The van der Waals surface area contributed by atoms with Gasteiger partial charge in [0.25, 0.3) is 0 Å². The summed E-state index contributed by atoms with van der Waals surface area (Å²) >= 11 is 0. The summed E-state index contributed by atoms with van der Waals surface area (Å²) in [4.78, 5) is 11.8. The number of fused-ring (bicyclic) bond motifs is 3. The molecule has 1 unspecified atom stereocenters. The van der Waals surface area contributed by atoms with Crippen LogP contribution in [0.1, 0.15) is 30.4 Å². The van der Waals surface area contributed by atoms with Crippen LogP contribution in [0.4, 0.5) is 0 Å². The van der Waals surface area contributed by atoms with E-state index in [4.69, 9.17) is 10.5 Å². The predicted molar refractivity (Wildman–Crippen MR) is 82.9 cm³/mol. The van der Waals surface area contributed by atoms with Gasteiger partial charge in [-0.15, -0.1) is 0 Å². The normalized spacial score (nSPS) is 14.4. The van der Waals surface area contributed by atoms with Crippen molar-refractivity contribution in [1.82, 2.24) is 0 Å². The first kappa shape index (κ1) is 13.8. The molecule has 0 saturated heterocycles. The second-order valence-electron chi connectivity index (χ2n) is 5.37. The lowest BCUT2D eigenvalue weighted by Gasteiger charge is -2.15. The van der Waals surface area contributed by atoms with E-state index in [0.29, 0.717) is 13.0 Å². The second-order valence-corrected chi connectivity index (χ2v) is 5.37. The number of rotatable bonds is 4. The summed E-state index contributed by atoms with van der Waals surface area (Å²) in [6, 6.07) is 16.0. The molecule has 0 bridgehead atoms. The molecule has 21 heavy (non-hydrogen) atoms. The Morgan fingerprint density at radius 2 is 1.62 bits per heavy atom. The molecule has 1 aliphatic rings. The lowest BCUT2D eigenvalue weighted by Crippen LogP contribution is -2.32. The average Bonchev–Trinajstić information content (AvgIpc) is 2.86. The maximum Gasteiger partial charge on any atom is 0.322 e. The van der Waals surface area contributed by atoms with Crippen LogP contribution in [0, 0.1) is 0 Å². The van der Waals surface area contributed by atoms with Crippen molar-refractivity contribution in [3.05, 3.63) is 59.7 Å². The summed E-state index contributed by atoms with van der Waals surface area (Å²) in [7, 11) is 0. The Bertz CT molecular complexity index is 620. The van der Waals surface area contributed by atoms with Gasteiger partial charge in [0.15, 0.2) is 0 Å². The van der Waals surface area contributed by atoms with Crippen molar-refractivity contribution in [2.24, 2.45) is 5.73 Å².